The van der Waals surface area contributed by atoms with Crippen LogP contribution in [0.1, 0.15) is 66.7 Å². The standard InChI is InChI=1S/C18H24N2O3/c1-3-4-5-8-13(2)19-16(21)11-12-20-17(22)14-9-6-7-10-15(14)18(20)23/h6-7,9-10,13H,3-5,8,11-12H2,1-2H3,(H,19,21)/t13-/m1/s1. The third-order valence-electron chi connectivity index (χ3n) is 4.09. The molecular weight excluding hydrogens is 292 g/mol. The van der Waals surface area contributed by atoms with Crippen LogP contribution in [0.5, 0.6) is 0 Å². The summed E-state index contributed by atoms with van der Waals surface area (Å²) in [5.41, 5.74) is 0.844. The largest absolute Gasteiger partial charge is 0.354 e. The predicted molar refractivity (Wildman–Crippen MR) is 88.2 cm³/mol. The van der Waals surface area contributed by atoms with E-state index in [0.29, 0.717) is 11.1 Å². The third kappa shape index (κ3) is 4.18. The Morgan fingerprint density at radius 1 is 1.13 bits per heavy atom. The lowest BCUT2D eigenvalue weighted by Crippen LogP contribution is -2.37. The highest BCUT2D eigenvalue weighted by Crippen LogP contribution is 2.22. The number of hydrogen-bond donors (Lipinski definition) is 1. The molecule has 0 radical (unpaired) electrons. The highest BCUT2D eigenvalue weighted by molar-refractivity contribution is 6.21. The van der Waals surface area contributed by atoms with Gasteiger partial charge in [0, 0.05) is 19.0 Å². The molecule has 3 amide bonds. The Morgan fingerprint density at radius 2 is 1.74 bits per heavy atom. The van der Waals surface area contributed by atoms with Crippen LogP contribution < -0.4 is 5.32 Å². The first-order valence-electron chi connectivity index (χ1n) is 8.29. The molecule has 5 heteroatoms. The monoisotopic (exact) mass is 316 g/mol. The third-order valence-corrected chi connectivity index (χ3v) is 4.09. The van der Waals surface area contributed by atoms with E-state index in [2.05, 4.69) is 12.2 Å². The van der Waals surface area contributed by atoms with Crippen molar-refractivity contribution in [2.75, 3.05) is 6.54 Å². The second kappa shape index (κ2) is 7.90. The molecule has 2 rings (SSSR count). The Hall–Kier alpha value is -2.17. The first-order valence-corrected chi connectivity index (χ1v) is 8.29. The van der Waals surface area contributed by atoms with Gasteiger partial charge in [0.05, 0.1) is 11.1 Å². The number of nitrogens with zero attached hydrogens (tertiary/aromatic N) is 1. The summed E-state index contributed by atoms with van der Waals surface area (Å²) in [4.78, 5) is 37.5. The van der Waals surface area contributed by atoms with Crippen LogP contribution in [0.25, 0.3) is 0 Å². The molecule has 124 valence electrons. The minimum Gasteiger partial charge on any atom is -0.354 e. The van der Waals surface area contributed by atoms with E-state index in [1.54, 1.807) is 24.3 Å². The molecule has 1 aromatic carbocycles. The number of imide groups is 1. The number of unbranched alkanes of at least 4 members (excludes halogenated alkanes) is 2. The maximum absolute atomic E-state index is 12.2. The molecule has 0 aromatic heterocycles. The smallest absolute Gasteiger partial charge is 0.261 e. The molecule has 1 atom stereocenters. The maximum Gasteiger partial charge on any atom is 0.261 e. The molecule has 0 saturated heterocycles. The van der Waals surface area contributed by atoms with Gasteiger partial charge in [0.15, 0.2) is 0 Å². The predicted octanol–water partition coefficient (Wildman–Crippen LogP) is 2.76. The van der Waals surface area contributed by atoms with Gasteiger partial charge in [-0.1, -0.05) is 38.3 Å². The van der Waals surface area contributed by atoms with E-state index in [0.717, 1.165) is 30.6 Å². The number of benzene rings is 1. The second-order valence-corrected chi connectivity index (χ2v) is 6.02. The number of amides is 3. The Morgan fingerprint density at radius 3 is 2.30 bits per heavy atom. The highest BCUT2D eigenvalue weighted by Gasteiger charge is 2.34. The molecular formula is C18H24N2O3. The summed E-state index contributed by atoms with van der Waals surface area (Å²) in [6, 6.07) is 6.88. The fourth-order valence-electron chi connectivity index (χ4n) is 2.78. The van der Waals surface area contributed by atoms with Crippen molar-refractivity contribution in [1.29, 1.82) is 0 Å². The second-order valence-electron chi connectivity index (χ2n) is 6.02. The molecule has 0 fully saturated rings. The lowest BCUT2D eigenvalue weighted by Gasteiger charge is -2.16. The molecule has 0 bridgehead atoms. The van der Waals surface area contributed by atoms with E-state index in [4.69, 9.17) is 0 Å². The van der Waals surface area contributed by atoms with E-state index in [-0.39, 0.29) is 36.7 Å². The van der Waals surface area contributed by atoms with Crippen molar-refractivity contribution >= 4 is 17.7 Å². The molecule has 0 spiro atoms. The summed E-state index contributed by atoms with van der Waals surface area (Å²) < 4.78 is 0. The topological polar surface area (TPSA) is 66.5 Å². The van der Waals surface area contributed by atoms with Crippen molar-refractivity contribution in [2.24, 2.45) is 0 Å². The molecule has 0 saturated carbocycles. The Balaban J connectivity index is 1.81. The number of carbonyl (C=O) groups is 3. The molecule has 0 unspecified atom stereocenters. The van der Waals surface area contributed by atoms with E-state index >= 15 is 0 Å². The normalized spacial score (nSPS) is 14.8. The average Bonchev–Trinajstić information content (AvgIpc) is 2.77. The van der Waals surface area contributed by atoms with Crippen molar-refractivity contribution in [1.82, 2.24) is 10.2 Å². The van der Waals surface area contributed by atoms with E-state index in [1.807, 2.05) is 6.92 Å². The molecule has 1 N–H and O–H groups in total. The first kappa shape index (κ1) is 17.2. The van der Waals surface area contributed by atoms with E-state index in [9.17, 15) is 14.4 Å². The summed E-state index contributed by atoms with van der Waals surface area (Å²) in [7, 11) is 0. The molecule has 1 heterocycles. The van der Waals surface area contributed by atoms with Crippen molar-refractivity contribution in [3.63, 3.8) is 0 Å². The zero-order valence-electron chi connectivity index (χ0n) is 13.8. The summed E-state index contributed by atoms with van der Waals surface area (Å²) in [5, 5.41) is 2.93. The molecule has 1 aromatic rings. The minimum absolute atomic E-state index is 0.120. The maximum atomic E-state index is 12.2. The average molecular weight is 316 g/mol. The van der Waals surface area contributed by atoms with Gasteiger partial charge in [0.2, 0.25) is 5.91 Å². The van der Waals surface area contributed by atoms with Crippen LogP contribution in [0.2, 0.25) is 0 Å². The van der Waals surface area contributed by atoms with Crippen molar-refractivity contribution in [3.05, 3.63) is 35.4 Å². The van der Waals surface area contributed by atoms with Crippen molar-refractivity contribution in [3.8, 4) is 0 Å². The van der Waals surface area contributed by atoms with E-state index < -0.39 is 0 Å². The van der Waals surface area contributed by atoms with Crippen molar-refractivity contribution < 1.29 is 14.4 Å². The SMILES string of the molecule is CCCCC[C@@H](C)NC(=O)CCN1C(=O)c2ccccc2C1=O. The van der Waals surface area contributed by atoms with Gasteiger partial charge in [-0.2, -0.15) is 0 Å². The van der Waals surface area contributed by atoms with Crippen LogP contribution in [0.15, 0.2) is 24.3 Å². The molecule has 5 nitrogen and oxygen atoms in total. The van der Waals surface area contributed by atoms with Crippen LogP contribution in [-0.2, 0) is 4.79 Å². The van der Waals surface area contributed by atoms with Gasteiger partial charge in [-0.3, -0.25) is 19.3 Å². The fraction of sp³-hybridized carbons (Fsp3) is 0.500. The van der Waals surface area contributed by atoms with Crippen LogP contribution in [0.4, 0.5) is 0 Å². The summed E-state index contributed by atoms with van der Waals surface area (Å²) >= 11 is 0. The van der Waals surface area contributed by atoms with E-state index in [1.165, 1.54) is 0 Å². The minimum atomic E-state index is -0.311. The van der Waals surface area contributed by atoms with Gasteiger partial charge in [-0.15, -0.1) is 0 Å². The molecule has 1 aliphatic rings. The number of rotatable bonds is 8. The molecule has 23 heavy (non-hydrogen) atoms. The van der Waals surface area contributed by atoms with Crippen LogP contribution in [0, 0.1) is 0 Å². The van der Waals surface area contributed by atoms with Crippen LogP contribution in [-0.4, -0.2) is 35.2 Å². The number of fused-ring (bicyclic) bond motifs is 1. The lowest BCUT2D eigenvalue weighted by molar-refractivity contribution is -0.121. The van der Waals surface area contributed by atoms with Gasteiger partial charge in [-0.25, -0.2) is 0 Å². The van der Waals surface area contributed by atoms with Gasteiger partial charge < -0.3 is 5.32 Å². The summed E-state index contributed by atoms with van der Waals surface area (Å²) in [6.07, 6.45) is 4.50. The van der Waals surface area contributed by atoms with Crippen LogP contribution >= 0.6 is 0 Å². The number of carbonyl (C=O) groups excluding carboxylic acids is 3. The zero-order valence-corrected chi connectivity index (χ0v) is 13.8. The Bertz CT molecular complexity index is 563. The van der Waals surface area contributed by atoms with Gasteiger partial charge in [0.25, 0.3) is 11.8 Å². The van der Waals surface area contributed by atoms with Crippen molar-refractivity contribution in [2.45, 2.75) is 52.0 Å². The van der Waals surface area contributed by atoms with Gasteiger partial charge in [-0.05, 0) is 25.5 Å². The summed E-state index contributed by atoms with van der Waals surface area (Å²) in [6.45, 7) is 4.25. The number of hydrogen-bond acceptors (Lipinski definition) is 3. The quantitative estimate of drug-likeness (QED) is 0.592. The highest BCUT2D eigenvalue weighted by atomic mass is 16.2. The Labute approximate surface area is 137 Å². The van der Waals surface area contributed by atoms with Gasteiger partial charge in [0.1, 0.15) is 0 Å². The zero-order chi connectivity index (χ0) is 16.8. The van der Waals surface area contributed by atoms with Gasteiger partial charge >= 0.3 is 0 Å². The summed E-state index contributed by atoms with van der Waals surface area (Å²) in [5.74, 6) is -0.741. The lowest BCUT2D eigenvalue weighted by atomic mass is 10.1. The number of nitrogens with one attached hydrogen (secondary N) is 1. The molecule has 1 aliphatic heterocycles. The van der Waals surface area contributed by atoms with Crippen LogP contribution in [0.3, 0.4) is 0 Å². The Kier molecular flexibility index (Phi) is 5.90. The first-order chi connectivity index (χ1) is 11.0. The fourth-order valence-corrected chi connectivity index (χ4v) is 2.78. The molecule has 0 aliphatic carbocycles.